The van der Waals surface area contributed by atoms with E-state index in [4.69, 9.17) is 16.0 Å². The Balaban J connectivity index is 1.78. The molecule has 1 aromatic heterocycles. The molecule has 3 rings (SSSR count). The normalized spacial score (nSPS) is 17.0. The first-order valence-electron chi connectivity index (χ1n) is 6.22. The van der Waals surface area contributed by atoms with Crippen LogP contribution in [0, 0.1) is 0 Å². The second-order valence-electron chi connectivity index (χ2n) is 4.74. The number of hydrogen-bond acceptors (Lipinski definition) is 2. The summed E-state index contributed by atoms with van der Waals surface area (Å²) in [7, 11) is 0. The summed E-state index contributed by atoms with van der Waals surface area (Å²) in [4.78, 5) is 0. The molecule has 0 amide bonds. The maximum Gasteiger partial charge on any atom is 0.152 e. The molecular formula is C14H16ClNO. The van der Waals surface area contributed by atoms with Crippen molar-refractivity contribution in [1.82, 2.24) is 5.32 Å². The highest BCUT2D eigenvalue weighted by Crippen LogP contribution is 2.28. The number of para-hydroxylation sites is 1. The maximum atomic E-state index is 6.08. The molecule has 0 aliphatic heterocycles. The molecule has 0 atom stereocenters. The number of furan rings is 1. The van der Waals surface area contributed by atoms with Crippen LogP contribution in [0.25, 0.3) is 11.0 Å². The summed E-state index contributed by atoms with van der Waals surface area (Å²) in [6.45, 7) is 0.873. The Morgan fingerprint density at radius 1 is 1.29 bits per heavy atom. The summed E-state index contributed by atoms with van der Waals surface area (Å²) < 4.78 is 5.52. The molecule has 90 valence electrons. The van der Waals surface area contributed by atoms with Crippen molar-refractivity contribution in [1.29, 1.82) is 0 Å². The van der Waals surface area contributed by atoms with Crippen LogP contribution < -0.4 is 5.32 Å². The van der Waals surface area contributed by atoms with Gasteiger partial charge in [0.05, 0.1) is 11.3 Å². The summed E-state index contributed by atoms with van der Waals surface area (Å²) >= 11 is 6.08. The van der Waals surface area contributed by atoms with E-state index in [1.54, 1.807) is 0 Å². The molecule has 1 aliphatic carbocycles. The zero-order valence-corrected chi connectivity index (χ0v) is 10.5. The minimum atomic E-state index is 0.680. The van der Waals surface area contributed by atoms with Gasteiger partial charge in [-0.3, -0.25) is 0 Å². The number of halogens is 1. The number of nitrogens with one attached hydrogen (secondary N) is 1. The van der Waals surface area contributed by atoms with Crippen LogP contribution in [0.2, 0.25) is 5.02 Å². The number of rotatable bonds is 3. The lowest BCUT2D eigenvalue weighted by atomic mass is 10.1. The molecule has 0 bridgehead atoms. The van der Waals surface area contributed by atoms with Crippen molar-refractivity contribution < 1.29 is 4.42 Å². The van der Waals surface area contributed by atoms with Crippen LogP contribution in [-0.4, -0.2) is 6.04 Å². The third-order valence-electron chi connectivity index (χ3n) is 3.57. The molecule has 1 N–H and O–H groups in total. The van der Waals surface area contributed by atoms with E-state index in [0.29, 0.717) is 11.1 Å². The van der Waals surface area contributed by atoms with Crippen LogP contribution in [-0.2, 0) is 6.54 Å². The first-order chi connectivity index (χ1) is 8.34. The van der Waals surface area contributed by atoms with Gasteiger partial charge in [0.15, 0.2) is 5.58 Å². The van der Waals surface area contributed by atoms with Gasteiger partial charge in [0.2, 0.25) is 0 Å². The van der Waals surface area contributed by atoms with Gasteiger partial charge in [0.25, 0.3) is 0 Å². The van der Waals surface area contributed by atoms with E-state index in [2.05, 4.69) is 11.4 Å². The molecule has 1 fully saturated rings. The highest BCUT2D eigenvalue weighted by atomic mass is 35.5. The second-order valence-corrected chi connectivity index (χ2v) is 5.15. The number of fused-ring (bicyclic) bond motifs is 1. The summed E-state index contributed by atoms with van der Waals surface area (Å²) in [5, 5.41) is 5.41. The van der Waals surface area contributed by atoms with E-state index in [1.165, 1.54) is 31.2 Å². The van der Waals surface area contributed by atoms with Crippen LogP contribution in [0.5, 0.6) is 0 Å². The van der Waals surface area contributed by atoms with Crippen molar-refractivity contribution in [3.05, 3.63) is 35.0 Å². The minimum Gasteiger partial charge on any atom is -0.462 e. The van der Waals surface area contributed by atoms with E-state index in [-0.39, 0.29) is 0 Å². The Bertz CT molecular complexity index is 514. The molecule has 0 unspecified atom stereocenters. The van der Waals surface area contributed by atoms with Crippen LogP contribution in [0.15, 0.2) is 28.9 Å². The number of benzene rings is 1. The number of hydrogen-bond donors (Lipinski definition) is 1. The van der Waals surface area contributed by atoms with Crippen molar-refractivity contribution in [2.75, 3.05) is 0 Å². The van der Waals surface area contributed by atoms with Gasteiger partial charge >= 0.3 is 0 Å². The quantitative estimate of drug-likeness (QED) is 0.885. The largest absolute Gasteiger partial charge is 0.462 e. The third kappa shape index (κ3) is 2.20. The predicted octanol–water partition coefficient (Wildman–Crippen LogP) is 4.12. The van der Waals surface area contributed by atoms with Crippen molar-refractivity contribution >= 4 is 22.6 Å². The van der Waals surface area contributed by atoms with Crippen molar-refractivity contribution in [2.45, 2.75) is 38.3 Å². The van der Waals surface area contributed by atoms with Crippen molar-refractivity contribution in [3.8, 4) is 0 Å². The fourth-order valence-corrected chi connectivity index (χ4v) is 2.82. The molecule has 1 aliphatic rings. The van der Waals surface area contributed by atoms with Crippen molar-refractivity contribution in [3.63, 3.8) is 0 Å². The Morgan fingerprint density at radius 2 is 2.12 bits per heavy atom. The average Bonchev–Trinajstić information content (AvgIpc) is 2.95. The van der Waals surface area contributed by atoms with E-state index in [0.717, 1.165) is 17.5 Å². The van der Waals surface area contributed by atoms with Gasteiger partial charge in [-0.25, -0.2) is 0 Å². The Hall–Kier alpha value is -0.990. The zero-order valence-electron chi connectivity index (χ0n) is 9.71. The molecule has 17 heavy (non-hydrogen) atoms. The summed E-state index contributed by atoms with van der Waals surface area (Å²) in [6.07, 6.45) is 7.14. The summed E-state index contributed by atoms with van der Waals surface area (Å²) in [6, 6.07) is 6.58. The Kier molecular flexibility index (Phi) is 3.08. The molecular weight excluding hydrogens is 234 g/mol. The van der Waals surface area contributed by atoms with Gasteiger partial charge in [0.1, 0.15) is 0 Å². The highest BCUT2D eigenvalue weighted by molar-refractivity contribution is 6.34. The molecule has 0 saturated heterocycles. The van der Waals surface area contributed by atoms with Gasteiger partial charge in [-0.15, -0.1) is 0 Å². The SMILES string of the molecule is Clc1cccc2c(CNC3CCCC3)coc12. The predicted molar refractivity (Wildman–Crippen MR) is 70.3 cm³/mol. The van der Waals surface area contributed by atoms with Gasteiger partial charge in [-0.05, 0) is 18.9 Å². The highest BCUT2D eigenvalue weighted by Gasteiger charge is 2.15. The van der Waals surface area contributed by atoms with E-state index in [1.807, 2.05) is 18.4 Å². The van der Waals surface area contributed by atoms with Crippen LogP contribution >= 0.6 is 11.6 Å². The first-order valence-corrected chi connectivity index (χ1v) is 6.60. The van der Waals surface area contributed by atoms with Crippen LogP contribution in [0.1, 0.15) is 31.2 Å². The van der Waals surface area contributed by atoms with Crippen molar-refractivity contribution in [2.24, 2.45) is 0 Å². The fourth-order valence-electron chi connectivity index (χ4n) is 2.60. The van der Waals surface area contributed by atoms with Crippen LogP contribution in [0.4, 0.5) is 0 Å². The summed E-state index contributed by atoms with van der Waals surface area (Å²) in [5.41, 5.74) is 2.01. The Morgan fingerprint density at radius 3 is 2.94 bits per heavy atom. The summed E-state index contributed by atoms with van der Waals surface area (Å²) in [5.74, 6) is 0. The standard InChI is InChI=1S/C14H16ClNO/c15-13-7-3-6-12-10(9-17-14(12)13)8-16-11-4-1-2-5-11/h3,6-7,9,11,16H,1-2,4-5,8H2. The van der Waals surface area contributed by atoms with Gasteiger partial charge < -0.3 is 9.73 Å². The maximum absolute atomic E-state index is 6.08. The average molecular weight is 250 g/mol. The molecule has 0 radical (unpaired) electrons. The third-order valence-corrected chi connectivity index (χ3v) is 3.87. The molecule has 2 aromatic rings. The van der Waals surface area contributed by atoms with E-state index < -0.39 is 0 Å². The molecule has 1 aromatic carbocycles. The molecule has 3 heteroatoms. The Labute approximate surface area is 106 Å². The smallest absolute Gasteiger partial charge is 0.152 e. The fraction of sp³-hybridized carbons (Fsp3) is 0.429. The molecule has 2 nitrogen and oxygen atoms in total. The lowest BCUT2D eigenvalue weighted by molar-refractivity contribution is 0.520. The van der Waals surface area contributed by atoms with E-state index >= 15 is 0 Å². The van der Waals surface area contributed by atoms with E-state index in [9.17, 15) is 0 Å². The second kappa shape index (κ2) is 4.71. The minimum absolute atomic E-state index is 0.680. The molecule has 1 heterocycles. The lowest BCUT2D eigenvalue weighted by Crippen LogP contribution is -2.25. The topological polar surface area (TPSA) is 25.2 Å². The van der Waals surface area contributed by atoms with Crippen LogP contribution in [0.3, 0.4) is 0 Å². The monoisotopic (exact) mass is 249 g/mol. The van der Waals surface area contributed by atoms with Gasteiger partial charge in [0, 0.05) is 23.5 Å². The molecule has 1 saturated carbocycles. The van der Waals surface area contributed by atoms with Gasteiger partial charge in [-0.2, -0.15) is 0 Å². The molecule has 0 spiro atoms. The lowest BCUT2D eigenvalue weighted by Gasteiger charge is -2.10. The first kappa shape index (κ1) is 11.1. The zero-order chi connectivity index (χ0) is 11.7. The van der Waals surface area contributed by atoms with Gasteiger partial charge in [-0.1, -0.05) is 36.6 Å².